The molecule has 4 aromatic rings. The van der Waals surface area contributed by atoms with Gasteiger partial charge in [0.25, 0.3) is 0 Å². The van der Waals surface area contributed by atoms with Crippen LogP contribution in [0.3, 0.4) is 0 Å². The van der Waals surface area contributed by atoms with Gasteiger partial charge in [-0.2, -0.15) is 0 Å². The van der Waals surface area contributed by atoms with Crippen molar-refractivity contribution in [1.82, 2.24) is 4.98 Å². The van der Waals surface area contributed by atoms with Crippen LogP contribution < -0.4 is 10.6 Å². The Kier molecular flexibility index (Phi) is 5.36. The van der Waals surface area contributed by atoms with Gasteiger partial charge in [-0.05, 0) is 12.1 Å². The Morgan fingerprint density at radius 2 is 1.22 bits per heavy atom. The van der Waals surface area contributed by atoms with E-state index in [0.29, 0.717) is 0 Å². The molecule has 4 rings (SSSR count). The highest BCUT2D eigenvalue weighted by Gasteiger charge is 2.03. The topological polar surface area (TPSA) is 30.0 Å². The summed E-state index contributed by atoms with van der Waals surface area (Å²) in [6, 6.07) is 27.3. The maximum atomic E-state index is 12.0. The van der Waals surface area contributed by atoms with Gasteiger partial charge in [-0.3, -0.25) is 0 Å². The minimum atomic E-state index is -1.79. The standard InChI is InChI=1S/C12H11OP.C7H5NS/c13-14(11-7-3-1-4-8-11)12-9-5-2-6-10-12;1-2-4-7-6(3-1)8-5-9-7/h1-10,14H;1-5H. The minimum absolute atomic E-state index is 0.920. The van der Waals surface area contributed by atoms with Crippen LogP contribution in [0.4, 0.5) is 0 Å². The molecule has 0 saturated carbocycles. The monoisotopic (exact) mass is 337 g/mol. The van der Waals surface area contributed by atoms with Gasteiger partial charge in [0.2, 0.25) is 0 Å². The van der Waals surface area contributed by atoms with Crippen LogP contribution in [-0.4, -0.2) is 4.98 Å². The molecule has 0 bridgehead atoms. The molecular formula is C19H16NOPS. The van der Waals surface area contributed by atoms with Crippen molar-refractivity contribution < 1.29 is 4.57 Å². The van der Waals surface area contributed by atoms with E-state index in [1.807, 2.05) is 84.4 Å². The normalized spacial score (nSPS) is 10.3. The lowest BCUT2D eigenvalue weighted by Crippen LogP contribution is -2.04. The first-order valence-electron chi connectivity index (χ1n) is 7.27. The Morgan fingerprint density at radius 1 is 0.696 bits per heavy atom. The van der Waals surface area contributed by atoms with Crippen molar-refractivity contribution in [3.05, 3.63) is 90.4 Å². The predicted octanol–water partition coefficient (Wildman–Crippen LogP) is 4.49. The summed E-state index contributed by atoms with van der Waals surface area (Å²) in [5.74, 6) is 0. The van der Waals surface area contributed by atoms with Gasteiger partial charge in [0, 0.05) is 10.6 Å². The molecule has 0 unspecified atom stereocenters. The Morgan fingerprint density at radius 3 is 1.78 bits per heavy atom. The summed E-state index contributed by atoms with van der Waals surface area (Å²) < 4.78 is 13.3. The van der Waals surface area contributed by atoms with Crippen molar-refractivity contribution >= 4 is 40.0 Å². The molecular weight excluding hydrogens is 321 g/mol. The summed E-state index contributed by atoms with van der Waals surface area (Å²) in [6.45, 7) is 0. The SMILES string of the molecule is O=[PH](c1ccccc1)c1ccccc1.c1ccc2scnc2c1. The first-order valence-corrected chi connectivity index (χ1v) is 9.56. The molecule has 0 amide bonds. The number of aromatic nitrogens is 1. The van der Waals surface area contributed by atoms with Gasteiger partial charge in [-0.25, -0.2) is 4.98 Å². The molecule has 0 saturated heterocycles. The van der Waals surface area contributed by atoms with Gasteiger partial charge in [-0.15, -0.1) is 11.3 Å². The van der Waals surface area contributed by atoms with Crippen molar-refractivity contribution in [3.8, 4) is 0 Å². The molecule has 0 aliphatic heterocycles. The maximum Gasteiger partial charge on any atom is 0.131 e. The second-order valence-electron chi connectivity index (χ2n) is 4.88. The molecule has 0 aliphatic rings. The Hall–Kier alpha value is -2.22. The number of benzene rings is 3. The zero-order valence-corrected chi connectivity index (χ0v) is 14.2. The lowest BCUT2D eigenvalue weighted by molar-refractivity contribution is 0.598. The minimum Gasteiger partial charge on any atom is -0.317 e. The second kappa shape index (κ2) is 7.87. The van der Waals surface area contributed by atoms with Gasteiger partial charge >= 0.3 is 0 Å². The number of rotatable bonds is 2. The van der Waals surface area contributed by atoms with Crippen molar-refractivity contribution in [1.29, 1.82) is 0 Å². The Labute approximate surface area is 140 Å². The third-order valence-corrected chi connectivity index (χ3v) is 5.83. The summed E-state index contributed by atoms with van der Waals surface area (Å²) in [5, 5.41) is 1.84. The molecule has 0 aliphatic carbocycles. The van der Waals surface area contributed by atoms with Crippen LogP contribution in [0.1, 0.15) is 0 Å². The van der Waals surface area contributed by atoms with E-state index in [1.165, 1.54) is 4.70 Å². The molecule has 2 nitrogen and oxygen atoms in total. The predicted molar refractivity (Wildman–Crippen MR) is 101 cm³/mol. The number of hydrogen-bond donors (Lipinski definition) is 0. The fourth-order valence-corrected chi connectivity index (χ4v) is 4.15. The van der Waals surface area contributed by atoms with E-state index >= 15 is 0 Å². The summed E-state index contributed by atoms with van der Waals surface area (Å²) in [5.41, 5.74) is 2.97. The van der Waals surface area contributed by atoms with Gasteiger partial charge in [0.1, 0.15) is 7.80 Å². The Balaban J connectivity index is 0.000000149. The highest BCUT2D eigenvalue weighted by molar-refractivity contribution is 7.61. The summed E-state index contributed by atoms with van der Waals surface area (Å²) >= 11 is 1.68. The van der Waals surface area contributed by atoms with E-state index in [1.54, 1.807) is 11.3 Å². The van der Waals surface area contributed by atoms with Crippen LogP contribution in [0.2, 0.25) is 0 Å². The summed E-state index contributed by atoms with van der Waals surface area (Å²) in [7, 11) is -1.79. The van der Waals surface area contributed by atoms with Crippen molar-refractivity contribution in [2.45, 2.75) is 0 Å². The first-order chi connectivity index (χ1) is 11.3. The van der Waals surface area contributed by atoms with E-state index < -0.39 is 7.80 Å². The highest BCUT2D eigenvalue weighted by Crippen LogP contribution is 2.18. The number of para-hydroxylation sites is 1. The smallest absolute Gasteiger partial charge is 0.131 e. The molecule has 23 heavy (non-hydrogen) atoms. The second-order valence-corrected chi connectivity index (χ2v) is 7.58. The molecule has 4 heteroatoms. The lowest BCUT2D eigenvalue weighted by Gasteiger charge is -2.01. The van der Waals surface area contributed by atoms with Crippen LogP contribution in [0.15, 0.2) is 90.4 Å². The molecule has 3 aromatic carbocycles. The third-order valence-electron chi connectivity index (χ3n) is 3.31. The van der Waals surface area contributed by atoms with Gasteiger partial charge in [0.05, 0.1) is 15.7 Å². The van der Waals surface area contributed by atoms with E-state index in [4.69, 9.17) is 0 Å². The molecule has 1 aromatic heterocycles. The average Bonchev–Trinajstić information content (AvgIpc) is 3.12. The van der Waals surface area contributed by atoms with Gasteiger partial charge in [-0.1, -0.05) is 72.8 Å². The number of thiazole rings is 1. The fraction of sp³-hybridized carbons (Fsp3) is 0. The molecule has 0 fully saturated rings. The van der Waals surface area contributed by atoms with Crippen LogP contribution in [0, 0.1) is 0 Å². The fourth-order valence-electron chi connectivity index (χ4n) is 2.15. The number of nitrogens with zero attached hydrogens (tertiary/aromatic N) is 1. The summed E-state index contributed by atoms with van der Waals surface area (Å²) in [6.07, 6.45) is 0. The van der Waals surface area contributed by atoms with E-state index in [-0.39, 0.29) is 0 Å². The van der Waals surface area contributed by atoms with E-state index in [0.717, 1.165) is 16.1 Å². The third kappa shape index (κ3) is 4.16. The zero-order valence-electron chi connectivity index (χ0n) is 12.4. The molecule has 0 radical (unpaired) electrons. The Bertz CT molecular complexity index is 819. The van der Waals surface area contributed by atoms with Crippen LogP contribution in [-0.2, 0) is 4.57 Å². The van der Waals surface area contributed by atoms with Crippen LogP contribution in [0.25, 0.3) is 10.2 Å². The molecule has 0 spiro atoms. The largest absolute Gasteiger partial charge is 0.317 e. The zero-order chi connectivity index (χ0) is 15.9. The first kappa shape index (κ1) is 15.7. The van der Waals surface area contributed by atoms with Crippen LogP contribution in [0.5, 0.6) is 0 Å². The molecule has 114 valence electrons. The number of fused-ring (bicyclic) bond motifs is 1. The van der Waals surface area contributed by atoms with E-state index in [2.05, 4.69) is 11.1 Å². The average molecular weight is 337 g/mol. The van der Waals surface area contributed by atoms with Gasteiger partial charge < -0.3 is 4.57 Å². The number of hydrogen-bond acceptors (Lipinski definition) is 3. The van der Waals surface area contributed by atoms with Crippen molar-refractivity contribution in [3.63, 3.8) is 0 Å². The quantitative estimate of drug-likeness (QED) is 0.504. The lowest BCUT2D eigenvalue weighted by atomic mass is 10.3. The van der Waals surface area contributed by atoms with Crippen molar-refractivity contribution in [2.75, 3.05) is 0 Å². The maximum absolute atomic E-state index is 12.0. The van der Waals surface area contributed by atoms with Crippen LogP contribution >= 0.6 is 19.1 Å². The molecule has 1 heterocycles. The molecule has 0 N–H and O–H groups in total. The highest BCUT2D eigenvalue weighted by atomic mass is 32.1. The van der Waals surface area contributed by atoms with E-state index in [9.17, 15) is 4.57 Å². The van der Waals surface area contributed by atoms with Gasteiger partial charge in [0.15, 0.2) is 0 Å². The summed E-state index contributed by atoms with van der Waals surface area (Å²) in [4.78, 5) is 4.14. The molecule has 0 atom stereocenters. The van der Waals surface area contributed by atoms with Crippen molar-refractivity contribution in [2.24, 2.45) is 0 Å².